The Balaban J connectivity index is 2.32. The normalized spacial score (nSPS) is 24.0. The van der Waals surface area contributed by atoms with Gasteiger partial charge in [0.2, 0.25) is 0 Å². The molecule has 1 heterocycles. The molecule has 1 aliphatic heterocycles. The van der Waals surface area contributed by atoms with Gasteiger partial charge in [0.25, 0.3) is 0 Å². The number of carboxylic acid groups (broad SMARTS) is 1. The Morgan fingerprint density at radius 1 is 1.61 bits per heavy atom. The fourth-order valence-corrected chi connectivity index (χ4v) is 1.80. The second kappa shape index (κ2) is 6.87. The molecule has 6 heteroatoms. The number of hydrogen-bond donors (Lipinski definition) is 3. The second-order valence-electron chi connectivity index (χ2n) is 4.28. The van der Waals surface area contributed by atoms with Crippen LogP contribution in [0, 0.1) is 18.3 Å². The van der Waals surface area contributed by atoms with Crippen LogP contribution >= 0.6 is 0 Å². The van der Waals surface area contributed by atoms with Gasteiger partial charge in [0, 0.05) is 25.5 Å². The maximum Gasteiger partial charge on any atom is 0.327 e. The zero-order valence-corrected chi connectivity index (χ0v) is 10.3. The molecule has 0 spiro atoms. The molecule has 1 fully saturated rings. The summed E-state index contributed by atoms with van der Waals surface area (Å²) >= 11 is 0. The van der Waals surface area contributed by atoms with E-state index in [9.17, 15) is 9.59 Å². The van der Waals surface area contributed by atoms with Crippen molar-refractivity contribution in [3.8, 4) is 12.3 Å². The Kier molecular flexibility index (Phi) is 5.46. The lowest BCUT2D eigenvalue weighted by molar-refractivity contribution is -0.139. The van der Waals surface area contributed by atoms with Gasteiger partial charge in [-0.1, -0.05) is 0 Å². The molecule has 0 aliphatic carbocycles. The third kappa shape index (κ3) is 4.26. The predicted octanol–water partition coefficient (Wildman–Crippen LogP) is 0.187. The minimum atomic E-state index is -1.14. The lowest BCUT2D eigenvalue weighted by atomic mass is 10.0. The van der Waals surface area contributed by atoms with Gasteiger partial charge in [0.05, 0.1) is 6.10 Å². The van der Waals surface area contributed by atoms with Crippen LogP contribution in [0.15, 0.2) is 0 Å². The number of nitrogens with one attached hydrogen (secondary N) is 2. The first kappa shape index (κ1) is 14.3. The van der Waals surface area contributed by atoms with E-state index in [0.717, 1.165) is 6.42 Å². The summed E-state index contributed by atoms with van der Waals surface area (Å²) < 4.78 is 5.36. The largest absolute Gasteiger partial charge is 0.480 e. The number of aliphatic carboxylic acids is 1. The van der Waals surface area contributed by atoms with E-state index in [0.29, 0.717) is 13.2 Å². The molecule has 18 heavy (non-hydrogen) atoms. The molecule has 1 aliphatic rings. The molecule has 2 amide bonds. The first-order valence-corrected chi connectivity index (χ1v) is 5.86. The average Bonchev–Trinajstić information content (AvgIpc) is 2.71. The lowest BCUT2D eigenvalue weighted by Crippen LogP contribution is -2.47. The lowest BCUT2D eigenvalue weighted by Gasteiger charge is -2.17. The van der Waals surface area contributed by atoms with Gasteiger partial charge in [-0.05, 0) is 13.3 Å². The van der Waals surface area contributed by atoms with Crippen molar-refractivity contribution in [2.45, 2.75) is 31.9 Å². The first-order chi connectivity index (χ1) is 8.54. The quantitative estimate of drug-likeness (QED) is 0.611. The Hall–Kier alpha value is -1.74. The van der Waals surface area contributed by atoms with Crippen molar-refractivity contribution in [2.24, 2.45) is 5.92 Å². The van der Waals surface area contributed by atoms with E-state index in [1.807, 2.05) is 6.92 Å². The topological polar surface area (TPSA) is 87.7 Å². The molecule has 1 saturated heterocycles. The fourth-order valence-electron chi connectivity index (χ4n) is 1.80. The third-order valence-electron chi connectivity index (χ3n) is 2.98. The summed E-state index contributed by atoms with van der Waals surface area (Å²) in [4.78, 5) is 22.3. The van der Waals surface area contributed by atoms with Crippen molar-refractivity contribution in [2.75, 3.05) is 13.2 Å². The molecule has 0 aromatic heterocycles. The number of terminal acetylenes is 1. The molecule has 100 valence electrons. The zero-order chi connectivity index (χ0) is 13.5. The van der Waals surface area contributed by atoms with Crippen LogP contribution in [0.1, 0.15) is 19.8 Å². The minimum absolute atomic E-state index is 0.0360. The molecule has 6 nitrogen and oxygen atoms in total. The summed E-state index contributed by atoms with van der Waals surface area (Å²) in [5, 5.41) is 13.8. The van der Waals surface area contributed by atoms with Gasteiger partial charge in [-0.25, -0.2) is 9.59 Å². The number of ether oxygens (including phenoxy) is 1. The van der Waals surface area contributed by atoms with Gasteiger partial charge < -0.3 is 20.5 Å². The highest BCUT2D eigenvalue weighted by molar-refractivity contribution is 5.82. The highest BCUT2D eigenvalue weighted by Crippen LogP contribution is 2.19. The van der Waals surface area contributed by atoms with Crippen LogP contribution in [-0.2, 0) is 9.53 Å². The highest BCUT2D eigenvalue weighted by atomic mass is 16.5. The second-order valence-corrected chi connectivity index (χ2v) is 4.28. The van der Waals surface area contributed by atoms with E-state index in [1.54, 1.807) is 0 Å². The zero-order valence-electron chi connectivity index (χ0n) is 10.3. The minimum Gasteiger partial charge on any atom is -0.480 e. The molecule has 0 saturated carbocycles. The van der Waals surface area contributed by atoms with Crippen molar-refractivity contribution >= 4 is 12.0 Å². The van der Waals surface area contributed by atoms with Gasteiger partial charge >= 0.3 is 12.0 Å². The maximum atomic E-state index is 11.5. The Morgan fingerprint density at radius 3 is 2.83 bits per heavy atom. The summed E-state index contributed by atoms with van der Waals surface area (Å²) in [6.45, 7) is 3.12. The molecule has 3 N–H and O–H groups in total. The van der Waals surface area contributed by atoms with Gasteiger partial charge in [-0.15, -0.1) is 12.3 Å². The average molecular weight is 254 g/mol. The Labute approximate surface area is 106 Å². The molecule has 0 radical (unpaired) electrons. The van der Waals surface area contributed by atoms with Crippen LogP contribution in [0.4, 0.5) is 4.79 Å². The van der Waals surface area contributed by atoms with Crippen molar-refractivity contribution in [3.63, 3.8) is 0 Å². The third-order valence-corrected chi connectivity index (χ3v) is 2.98. The van der Waals surface area contributed by atoms with Crippen molar-refractivity contribution in [3.05, 3.63) is 0 Å². The van der Waals surface area contributed by atoms with E-state index >= 15 is 0 Å². The number of hydrogen-bond acceptors (Lipinski definition) is 3. The number of amides is 2. The molecule has 3 unspecified atom stereocenters. The van der Waals surface area contributed by atoms with Crippen LogP contribution in [0.2, 0.25) is 0 Å². The van der Waals surface area contributed by atoms with Crippen LogP contribution in [-0.4, -0.2) is 42.4 Å². The molecular weight excluding hydrogens is 236 g/mol. The van der Waals surface area contributed by atoms with Gasteiger partial charge in [0.15, 0.2) is 0 Å². The van der Waals surface area contributed by atoms with E-state index in [-0.39, 0.29) is 18.4 Å². The SMILES string of the molecule is C#CCC(NC(=O)NCC1CCOC1C)C(=O)O. The smallest absolute Gasteiger partial charge is 0.327 e. The van der Waals surface area contributed by atoms with Crippen molar-refractivity contribution in [1.29, 1.82) is 0 Å². The summed E-state index contributed by atoms with van der Waals surface area (Å²) in [7, 11) is 0. The summed E-state index contributed by atoms with van der Waals surface area (Å²) in [5.74, 6) is 1.35. The Morgan fingerprint density at radius 2 is 2.33 bits per heavy atom. The van der Waals surface area contributed by atoms with E-state index in [2.05, 4.69) is 16.6 Å². The number of carbonyl (C=O) groups is 2. The molecular formula is C12H18N2O4. The predicted molar refractivity (Wildman–Crippen MR) is 64.9 cm³/mol. The van der Waals surface area contributed by atoms with E-state index in [1.165, 1.54) is 0 Å². The molecule has 0 bridgehead atoms. The highest BCUT2D eigenvalue weighted by Gasteiger charge is 2.25. The van der Waals surface area contributed by atoms with Gasteiger partial charge in [0.1, 0.15) is 6.04 Å². The van der Waals surface area contributed by atoms with Crippen LogP contribution in [0.3, 0.4) is 0 Å². The number of carboxylic acids is 1. The van der Waals surface area contributed by atoms with Crippen molar-refractivity contribution in [1.82, 2.24) is 10.6 Å². The number of rotatable bonds is 5. The maximum absolute atomic E-state index is 11.5. The molecule has 1 rings (SSSR count). The Bertz CT molecular complexity index is 350. The van der Waals surface area contributed by atoms with Crippen LogP contribution in [0.5, 0.6) is 0 Å². The molecule has 0 aromatic carbocycles. The van der Waals surface area contributed by atoms with E-state index < -0.39 is 18.0 Å². The van der Waals surface area contributed by atoms with Crippen molar-refractivity contribution < 1.29 is 19.4 Å². The summed E-state index contributed by atoms with van der Waals surface area (Å²) in [6.07, 6.45) is 6.01. The van der Waals surface area contributed by atoms with Gasteiger partial charge in [-0.2, -0.15) is 0 Å². The number of urea groups is 1. The van der Waals surface area contributed by atoms with Crippen LogP contribution in [0.25, 0.3) is 0 Å². The first-order valence-electron chi connectivity index (χ1n) is 5.86. The summed E-state index contributed by atoms with van der Waals surface area (Å²) in [5.41, 5.74) is 0. The monoisotopic (exact) mass is 254 g/mol. The standard InChI is InChI=1S/C12H18N2O4/c1-3-4-10(11(15)16)14-12(17)13-7-9-5-6-18-8(9)2/h1,8-10H,4-7H2,2H3,(H,15,16)(H2,13,14,17). The summed E-state index contributed by atoms with van der Waals surface area (Å²) in [6, 6.07) is -1.57. The van der Waals surface area contributed by atoms with Gasteiger partial charge in [-0.3, -0.25) is 0 Å². The molecule has 0 aromatic rings. The van der Waals surface area contributed by atoms with Crippen LogP contribution < -0.4 is 10.6 Å². The fraction of sp³-hybridized carbons (Fsp3) is 0.667. The van der Waals surface area contributed by atoms with E-state index in [4.69, 9.17) is 16.3 Å². The molecule has 3 atom stereocenters. The number of carbonyl (C=O) groups excluding carboxylic acids is 1.